The number of carbonyl (C=O) groups excluding carboxylic acids is 1. The van der Waals surface area contributed by atoms with E-state index in [-0.39, 0.29) is 17.2 Å². The number of rotatable bonds is 5. The first kappa shape index (κ1) is 21.9. The summed E-state index contributed by atoms with van der Waals surface area (Å²) in [5.41, 5.74) is 1.96. The zero-order chi connectivity index (χ0) is 23.0. The van der Waals surface area contributed by atoms with Gasteiger partial charge in [0.2, 0.25) is 0 Å². The minimum Gasteiger partial charge on any atom is -0.493 e. The van der Waals surface area contributed by atoms with E-state index in [2.05, 4.69) is 0 Å². The predicted octanol–water partition coefficient (Wildman–Crippen LogP) is 3.91. The van der Waals surface area contributed by atoms with Gasteiger partial charge in [0.15, 0.2) is 15.8 Å². The van der Waals surface area contributed by atoms with Crippen LogP contribution in [-0.4, -0.2) is 33.8 Å². The molecule has 0 aliphatic carbocycles. The summed E-state index contributed by atoms with van der Waals surface area (Å²) in [4.78, 5) is 28.4. The molecule has 32 heavy (non-hydrogen) atoms. The van der Waals surface area contributed by atoms with Crippen LogP contribution in [0.5, 0.6) is 11.5 Å². The van der Waals surface area contributed by atoms with Crippen LogP contribution < -0.4 is 19.9 Å². The number of anilines is 1. The topological polar surface area (TPSA) is 65.7 Å². The summed E-state index contributed by atoms with van der Waals surface area (Å²) < 4.78 is 14.4. The van der Waals surface area contributed by atoms with Crippen LogP contribution in [-0.2, 0) is 11.8 Å². The summed E-state index contributed by atoms with van der Waals surface area (Å²) >= 11 is 6.65. The number of benzene rings is 2. The smallest absolute Gasteiger partial charge is 0.296 e. The molecule has 0 bridgehead atoms. The van der Waals surface area contributed by atoms with Gasteiger partial charge >= 0.3 is 0 Å². The molecular weight excluding hydrogens is 446 g/mol. The fourth-order valence-corrected chi connectivity index (χ4v) is 4.90. The molecule has 0 unspecified atom stereocenters. The zero-order valence-electron chi connectivity index (χ0n) is 18.0. The van der Waals surface area contributed by atoms with Gasteiger partial charge < -0.3 is 9.47 Å². The highest BCUT2D eigenvalue weighted by molar-refractivity contribution is 8.27. The predicted molar refractivity (Wildman–Crippen MR) is 131 cm³/mol. The molecule has 0 atom stereocenters. The number of thiocarbonyl (C=S) groups is 1. The number of aromatic nitrogens is 2. The SMILES string of the molecule is COc1cccc(/C=C2/SC(=S)N(c3c(C)n(C)n(-c4ccccc4)c3=O)C2=O)c1OC. The van der Waals surface area contributed by atoms with E-state index >= 15 is 0 Å². The van der Waals surface area contributed by atoms with Crippen molar-refractivity contribution in [3.63, 3.8) is 0 Å². The monoisotopic (exact) mass is 467 g/mol. The van der Waals surface area contributed by atoms with E-state index in [0.717, 1.165) is 11.8 Å². The van der Waals surface area contributed by atoms with Crippen LogP contribution in [0.4, 0.5) is 5.69 Å². The van der Waals surface area contributed by atoms with E-state index < -0.39 is 0 Å². The first-order valence-corrected chi connectivity index (χ1v) is 10.9. The Balaban J connectivity index is 1.79. The lowest BCUT2D eigenvalue weighted by atomic mass is 10.1. The van der Waals surface area contributed by atoms with Gasteiger partial charge in [0.05, 0.1) is 30.5 Å². The van der Waals surface area contributed by atoms with Crippen LogP contribution in [0.3, 0.4) is 0 Å². The average Bonchev–Trinajstić information content (AvgIpc) is 3.19. The Morgan fingerprint density at radius 2 is 1.72 bits per heavy atom. The standard InChI is InChI=1S/C23H21N3O4S2/c1-14-19(22(28)26(24(14)2)16-10-6-5-7-11-16)25-21(27)18(32-23(25)31)13-15-9-8-12-17(29-3)20(15)30-4/h5-13H,1-4H3/b18-13+. The fraction of sp³-hybridized carbons (Fsp3) is 0.174. The molecule has 2 aromatic carbocycles. The highest BCUT2D eigenvalue weighted by Crippen LogP contribution is 2.39. The van der Waals surface area contributed by atoms with Gasteiger partial charge in [-0.25, -0.2) is 4.68 Å². The Bertz CT molecular complexity index is 1310. The van der Waals surface area contributed by atoms with Crippen molar-refractivity contribution in [1.82, 2.24) is 9.36 Å². The van der Waals surface area contributed by atoms with E-state index in [1.165, 1.54) is 9.58 Å². The van der Waals surface area contributed by atoms with Crippen molar-refractivity contribution in [2.24, 2.45) is 7.05 Å². The lowest BCUT2D eigenvalue weighted by molar-refractivity contribution is -0.113. The molecule has 1 aliphatic heterocycles. The van der Waals surface area contributed by atoms with Crippen LogP contribution in [0.2, 0.25) is 0 Å². The van der Waals surface area contributed by atoms with Crippen molar-refractivity contribution in [2.75, 3.05) is 19.1 Å². The lowest BCUT2D eigenvalue weighted by Gasteiger charge is -2.12. The first-order valence-electron chi connectivity index (χ1n) is 9.72. The third-order valence-corrected chi connectivity index (χ3v) is 6.56. The zero-order valence-corrected chi connectivity index (χ0v) is 19.6. The number of ether oxygens (including phenoxy) is 2. The molecule has 2 heterocycles. The summed E-state index contributed by atoms with van der Waals surface area (Å²) in [6.45, 7) is 1.80. The van der Waals surface area contributed by atoms with Crippen LogP contribution in [0, 0.1) is 6.92 Å². The van der Waals surface area contributed by atoms with Gasteiger partial charge in [-0.15, -0.1) is 0 Å². The summed E-state index contributed by atoms with van der Waals surface area (Å²) in [6.07, 6.45) is 1.70. The second kappa shape index (κ2) is 8.68. The van der Waals surface area contributed by atoms with Gasteiger partial charge in [0.25, 0.3) is 11.5 Å². The highest BCUT2D eigenvalue weighted by atomic mass is 32.2. The number of carbonyl (C=O) groups is 1. The van der Waals surface area contributed by atoms with E-state index in [1.54, 1.807) is 45.0 Å². The van der Waals surface area contributed by atoms with E-state index in [0.29, 0.717) is 37.7 Å². The maximum Gasteiger partial charge on any atom is 0.296 e. The number of amides is 1. The third kappa shape index (κ3) is 3.53. The molecule has 0 saturated carbocycles. The van der Waals surface area contributed by atoms with Crippen molar-refractivity contribution in [3.05, 3.63) is 75.0 Å². The number of nitrogens with zero attached hydrogens (tertiary/aromatic N) is 3. The molecular formula is C23H21N3O4S2. The Hall–Kier alpha value is -3.30. The number of hydrogen-bond donors (Lipinski definition) is 0. The number of hydrogen-bond acceptors (Lipinski definition) is 6. The Morgan fingerprint density at radius 3 is 2.38 bits per heavy atom. The van der Waals surface area contributed by atoms with Crippen molar-refractivity contribution in [1.29, 1.82) is 0 Å². The molecule has 1 fully saturated rings. The maximum absolute atomic E-state index is 13.4. The molecule has 1 amide bonds. The molecule has 164 valence electrons. The van der Waals surface area contributed by atoms with Crippen molar-refractivity contribution >= 4 is 46.0 Å². The summed E-state index contributed by atoms with van der Waals surface area (Å²) in [6, 6.07) is 14.7. The maximum atomic E-state index is 13.4. The normalized spacial score (nSPS) is 15.0. The molecule has 3 aromatic rings. The second-order valence-corrected chi connectivity index (χ2v) is 8.69. The molecule has 1 aromatic heterocycles. The van der Waals surface area contributed by atoms with Crippen LogP contribution >= 0.6 is 24.0 Å². The first-order chi connectivity index (χ1) is 15.4. The van der Waals surface area contributed by atoms with Crippen LogP contribution in [0.25, 0.3) is 11.8 Å². The number of methoxy groups -OCH3 is 2. The van der Waals surface area contributed by atoms with Gasteiger partial charge in [-0.1, -0.05) is 54.3 Å². The van der Waals surface area contributed by atoms with Gasteiger partial charge in [-0.3, -0.25) is 19.2 Å². The van der Waals surface area contributed by atoms with Gasteiger partial charge in [-0.05, 0) is 31.2 Å². The van der Waals surface area contributed by atoms with Gasteiger partial charge in [0.1, 0.15) is 5.69 Å². The third-order valence-electron chi connectivity index (χ3n) is 5.26. The largest absolute Gasteiger partial charge is 0.493 e. The van der Waals surface area contributed by atoms with Crippen LogP contribution in [0.15, 0.2) is 58.2 Å². The van der Waals surface area contributed by atoms with Crippen molar-refractivity contribution in [2.45, 2.75) is 6.92 Å². The molecule has 1 saturated heterocycles. The minimum absolute atomic E-state index is 0.250. The molecule has 4 rings (SSSR count). The van der Waals surface area contributed by atoms with E-state index in [9.17, 15) is 9.59 Å². The Kier molecular flexibility index (Phi) is 5.94. The molecule has 0 spiro atoms. The van der Waals surface area contributed by atoms with Crippen molar-refractivity contribution < 1.29 is 14.3 Å². The summed E-state index contributed by atoms with van der Waals surface area (Å²) in [5.74, 6) is 0.722. The summed E-state index contributed by atoms with van der Waals surface area (Å²) in [5, 5.41) is 0. The number of thioether (sulfide) groups is 1. The number of para-hydroxylation sites is 2. The van der Waals surface area contributed by atoms with Gasteiger partial charge in [0, 0.05) is 12.6 Å². The molecule has 9 heteroatoms. The average molecular weight is 468 g/mol. The van der Waals surface area contributed by atoms with Gasteiger partial charge in [-0.2, -0.15) is 0 Å². The van der Waals surface area contributed by atoms with Crippen molar-refractivity contribution in [3.8, 4) is 17.2 Å². The second-order valence-electron chi connectivity index (χ2n) is 7.01. The van der Waals surface area contributed by atoms with Crippen LogP contribution in [0.1, 0.15) is 11.3 Å². The van der Waals surface area contributed by atoms with E-state index in [1.807, 2.05) is 42.5 Å². The summed E-state index contributed by atoms with van der Waals surface area (Å²) in [7, 11) is 4.87. The van der Waals surface area contributed by atoms with E-state index in [4.69, 9.17) is 21.7 Å². The molecule has 7 nitrogen and oxygen atoms in total. The minimum atomic E-state index is -0.351. The Morgan fingerprint density at radius 1 is 1.00 bits per heavy atom. The highest BCUT2D eigenvalue weighted by Gasteiger charge is 2.38. The quantitative estimate of drug-likeness (QED) is 0.419. The molecule has 1 aliphatic rings. The fourth-order valence-electron chi connectivity index (χ4n) is 3.64. The molecule has 0 N–H and O–H groups in total. The Labute approximate surface area is 194 Å². The lowest BCUT2D eigenvalue weighted by Crippen LogP contribution is -2.33. The molecule has 0 radical (unpaired) electrons.